The van der Waals surface area contributed by atoms with Crippen molar-refractivity contribution in [3.63, 3.8) is 0 Å². The van der Waals surface area contributed by atoms with Gasteiger partial charge in [0.25, 0.3) is 17.7 Å². The molecule has 0 saturated carbocycles. The van der Waals surface area contributed by atoms with Crippen LogP contribution in [0.2, 0.25) is 15.1 Å². The highest BCUT2D eigenvalue weighted by molar-refractivity contribution is 6.43. The summed E-state index contributed by atoms with van der Waals surface area (Å²) in [4.78, 5) is 40.1. The first kappa shape index (κ1) is 31.1. The van der Waals surface area contributed by atoms with Crippen LogP contribution in [0.1, 0.15) is 40.9 Å². The Labute approximate surface area is 268 Å². The summed E-state index contributed by atoms with van der Waals surface area (Å²) in [5.74, 6) is -0.862. The van der Waals surface area contributed by atoms with Crippen LogP contribution >= 0.6 is 34.8 Å². The van der Waals surface area contributed by atoms with E-state index in [0.717, 1.165) is 16.1 Å². The minimum atomic E-state index is -1.10. The average Bonchev–Trinajstić information content (AvgIpc) is 3.60. The molecule has 0 saturated heterocycles. The van der Waals surface area contributed by atoms with E-state index in [1.165, 1.54) is 29.1 Å². The lowest BCUT2D eigenvalue weighted by molar-refractivity contribution is -0.123. The molecule has 10 nitrogen and oxygen atoms in total. The summed E-state index contributed by atoms with van der Waals surface area (Å²) < 4.78 is 7.36. The average molecular weight is 654 g/mol. The fourth-order valence-electron chi connectivity index (χ4n) is 4.66. The van der Waals surface area contributed by atoms with Gasteiger partial charge in [-0.25, -0.2) is 0 Å². The molecule has 1 aliphatic rings. The van der Waals surface area contributed by atoms with E-state index < -0.39 is 24.0 Å². The molecule has 3 amide bonds. The number of hydrazone groups is 1. The van der Waals surface area contributed by atoms with E-state index in [2.05, 4.69) is 20.8 Å². The van der Waals surface area contributed by atoms with Crippen LogP contribution in [0.5, 0.6) is 5.75 Å². The molecule has 0 fully saturated rings. The Balaban J connectivity index is 1.36. The summed E-state index contributed by atoms with van der Waals surface area (Å²) in [7, 11) is 0. The van der Waals surface area contributed by atoms with Crippen molar-refractivity contribution in [1.29, 1.82) is 0 Å². The van der Waals surface area contributed by atoms with Crippen LogP contribution in [-0.4, -0.2) is 39.4 Å². The SMILES string of the molecule is CCC(Oc1ccc(C)cc1C)C(=O)Nc1cccc(C(=O)NC2=NN(c3c(Cl)cc(Cl)cc3Cl)C(=O)C2n2cccn2)c1. The summed E-state index contributed by atoms with van der Waals surface area (Å²) in [6.07, 6.45) is 2.75. The number of hydrogen-bond acceptors (Lipinski definition) is 6. The fraction of sp³-hybridized carbons (Fsp3) is 0.194. The highest BCUT2D eigenvalue weighted by Gasteiger charge is 2.41. The molecular weight excluding hydrogens is 627 g/mol. The van der Waals surface area contributed by atoms with Crippen molar-refractivity contribution in [2.24, 2.45) is 5.10 Å². The van der Waals surface area contributed by atoms with Gasteiger partial charge in [0.05, 0.1) is 10.0 Å². The summed E-state index contributed by atoms with van der Waals surface area (Å²) in [5, 5.41) is 15.6. The molecule has 2 heterocycles. The molecule has 1 aliphatic heterocycles. The lowest BCUT2D eigenvalue weighted by Gasteiger charge is -2.19. The second-order valence-corrected chi connectivity index (χ2v) is 11.3. The Morgan fingerprint density at radius 2 is 1.75 bits per heavy atom. The lowest BCUT2D eigenvalue weighted by Crippen LogP contribution is -2.38. The topological polar surface area (TPSA) is 118 Å². The van der Waals surface area contributed by atoms with Crippen molar-refractivity contribution in [2.75, 3.05) is 10.3 Å². The van der Waals surface area contributed by atoms with Gasteiger partial charge >= 0.3 is 0 Å². The predicted molar refractivity (Wildman–Crippen MR) is 171 cm³/mol. The van der Waals surface area contributed by atoms with E-state index in [-0.39, 0.29) is 38.1 Å². The standard InChI is InChI=1S/C31H27Cl3N6O4/c1-4-24(44-25-10-9-17(2)13-18(25)3)30(42)36-21-8-5-7-19(14-21)29(41)37-28-27(39-12-6-11-35-39)31(43)40(38-28)26-22(33)15-20(32)16-23(26)34/h5-16,24,27H,4H2,1-3H3,(H,36,42)(H,37,38,41). The van der Waals surface area contributed by atoms with Crippen molar-refractivity contribution in [2.45, 2.75) is 39.3 Å². The minimum Gasteiger partial charge on any atom is -0.480 e. The highest BCUT2D eigenvalue weighted by atomic mass is 35.5. The number of anilines is 2. The molecule has 0 aliphatic carbocycles. The Hall–Kier alpha value is -4.38. The quantitative estimate of drug-likeness (QED) is 0.223. The van der Waals surface area contributed by atoms with Crippen molar-refractivity contribution in [1.82, 2.24) is 15.1 Å². The van der Waals surface area contributed by atoms with Crippen LogP contribution in [0, 0.1) is 13.8 Å². The Kier molecular flexibility index (Phi) is 9.24. The molecule has 2 atom stereocenters. The van der Waals surface area contributed by atoms with Gasteiger partial charge in [0, 0.05) is 28.7 Å². The van der Waals surface area contributed by atoms with Gasteiger partial charge in [0.15, 0.2) is 18.0 Å². The van der Waals surface area contributed by atoms with E-state index in [1.54, 1.807) is 30.5 Å². The number of halogens is 3. The Morgan fingerprint density at radius 3 is 2.41 bits per heavy atom. The number of benzene rings is 3. The number of aromatic nitrogens is 2. The van der Waals surface area contributed by atoms with Crippen LogP contribution in [0.4, 0.5) is 11.4 Å². The summed E-state index contributed by atoms with van der Waals surface area (Å²) in [6.45, 7) is 5.76. The van der Waals surface area contributed by atoms with E-state index >= 15 is 0 Å². The van der Waals surface area contributed by atoms with Gasteiger partial charge < -0.3 is 15.4 Å². The maximum Gasteiger partial charge on any atom is 0.280 e. The second-order valence-electron chi connectivity index (χ2n) is 10.0. The number of amidine groups is 1. The van der Waals surface area contributed by atoms with Gasteiger partial charge in [-0.1, -0.05) is 65.5 Å². The van der Waals surface area contributed by atoms with Crippen molar-refractivity contribution in [3.8, 4) is 5.75 Å². The van der Waals surface area contributed by atoms with Crippen LogP contribution in [0.3, 0.4) is 0 Å². The molecule has 44 heavy (non-hydrogen) atoms. The zero-order valence-electron chi connectivity index (χ0n) is 23.8. The second kappa shape index (κ2) is 13.1. The molecule has 4 aromatic rings. The number of aryl methyl sites for hydroxylation is 2. The number of carbonyl (C=O) groups excluding carboxylic acids is 3. The Morgan fingerprint density at radius 1 is 1.00 bits per heavy atom. The molecule has 5 rings (SSSR count). The fourth-order valence-corrected chi connectivity index (χ4v) is 5.64. The van der Waals surface area contributed by atoms with Gasteiger partial charge in [-0.05, 0) is 68.3 Å². The number of nitrogens with one attached hydrogen (secondary N) is 2. The molecule has 0 spiro atoms. The van der Waals surface area contributed by atoms with Crippen molar-refractivity contribution < 1.29 is 19.1 Å². The predicted octanol–water partition coefficient (Wildman–Crippen LogP) is 6.59. The number of amides is 3. The number of nitrogens with zero attached hydrogens (tertiary/aromatic N) is 4. The normalized spacial score (nSPS) is 15.1. The number of hydrogen-bond donors (Lipinski definition) is 2. The van der Waals surface area contributed by atoms with Gasteiger partial charge in [-0.3, -0.25) is 19.1 Å². The maximum atomic E-state index is 13.5. The third kappa shape index (κ3) is 6.57. The first-order chi connectivity index (χ1) is 21.0. The van der Waals surface area contributed by atoms with Crippen LogP contribution in [-0.2, 0) is 9.59 Å². The third-order valence-electron chi connectivity index (χ3n) is 6.79. The smallest absolute Gasteiger partial charge is 0.280 e. The van der Waals surface area contributed by atoms with E-state index in [9.17, 15) is 14.4 Å². The largest absolute Gasteiger partial charge is 0.480 e. The zero-order valence-corrected chi connectivity index (χ0v) is 26.1. The van der Waals surface area contributed by atoms with Crippen LogP contribution < -0.4 is 20.4 Å². The number of carbonyl (C=O) groups is 3. The van der Waals surface area contributed by atoms with Crippen LogP contribution in [0.15, 0.2) is 78.2 Å². The maximum absolute atomic E-state index is 13.5. The molecule has 1 aromatic heterocycles. The Bertz CT molecular complexity index is 1750. The summed E-state index contributed by atoms with van der Waals surface area (Å²) >= 11 is 18.8. The lowest BCUT2D eigenvalue weighted by atomic mass is 10.1. The van der Waals surface area contributed by atoms with E-state index in [1.807, 2.05) is 39.0 Å². The monoisotopic (exact) mass is 652 g/mol. The molecule has 13 heteroatoms. The molecule has 226 valence electrons. The summed E-state index contributed by atoms with van der Waals surface area (Å²) in [6, 6.07) is 15.5. The summed E-state index contributed by atoms with van der Waals surface area (Å²) in [5.41, 5.74) is 2.73. The molecule has 2 N–H and O–H groups in total. The van der Waals surface area contributed by atoms with Gasteiger partial charge in [0.1, 0.15) is 11.4 Å². The third-order valence-corrected chi connectivity index (χ3v) is 7.58. The molecule has 0 radical (unpaired) electrons. The van der Waals surface area contributed by atoms with Crippen molar-refractivity contribution in [3.05, 3.63) is 105 Å². The molecule has 3 aromatic carbocycles. The van der Waals surface area contributed by atoms with E-state index in [4.69, 9.17) is 39.5 Å². The van der Waals surface area contributed by atoms with E-state index in [0.29, 0.717) is 17.9 Å². The number of rotatable bonds is 8. The molecular formula is C31H27Cl3N6O4. The highest BCUT2D eigenvalue weighted by Crippen LogP contribution is 2.39. The first-order valence-electron chi connectivity index (χ1n) is 13.6. The van der Waals surface area contributed by atoms with Crippen LogP contribution in [0.25, 0.3) is 0 Å². The first-order valence-corrected chi connectivity index (χ1v) is 14.7. The van der Waals surface area contributed by atoms with Gasteiger partial charge in [-0.2, -0.15) is 10.1 Å². The van der Waals surface area contributed by atoms with Gasteiger partial charge in [0.2, 0.25) is 0 Å². The molecule has 2 unspecified atom stereocenters. The minimum absolute atomic E-state index is 0.00635. The number of ether oxygens (including phenoxy) is 1. The van der Waals surface area contributed by atoms with Crippen molar-refractivity contribution >= 4 is 69.7 Å². The van der Waals surface area contributed by atoms with Gasteiger partial charge in [-0.15, -0.1) is 5.10 Å². The molecule has 0 bridgehead atoms. The zero-order chi connectivity index (χ0) is 31.5.